The van der Waals surface area contributed by atoms with Gasteiger partial charge in [-0.3, -0.25) is 10.3 Å². The van der Waals surface area contributed by atoms with Gasteiger partial charge >= 0.3 is 6.09 Å². The summed E-state index contributed by atoms with van der Waals surface area (Å²) in [6.07, 6.45) is 2.02. The number of rotatable bonds is 6. The van der Waals surface area contributed by atoms with E-state index in [1.807, 2.05) is 56.7 Å². The highest BCUT2D eigenvalue weighted by Gasteiger charge is 2.16. The summed E-state index contributed by atoms with van der Waals surface area (Å²) >= 11 is 0. The van der Waals surface area contributed by atoms with Crippen molar-refractivity contribution in [2.75, 3.05) is 18.9 Å². The minimum Gasteiger partial charge on any atom is -0.444 e. The van der Waals surface area contributed by atoms with Gasteiger partial charge in [0, 0.05) is 26.3 Å². The van der Waals surface area contributed by atoms with Gasteiger partial charge in [-0.25, -0.2) is 4.79 Å². The summed E-state index contributed by atoms with van der Waals surface area (Å²) in [5, 5.41) is 17.1. The number of carbonyl (C=O) groups is 1. The number of amides is 1. The minimum atomic E-state index is -0.519. The lowest BCUT2D eigenvalue weighted by Gasteiger charge is -2.19. The number of aryl methyl sites for hydroxylation is 1. The van der Waals surface area contributed by atoms with Crippen molar-refractivity contribution in [1.29, 1.82) is 0 Å². The van der Waals surface area contributed by atoms with Gasteiger partial charge in [0.25, 0.3) is 0 Å². The maximum atomic E-state index is 11.8. The van der Waals surface area contributed by atoms with E-state index in [1.54, 1.807) is 13.4 Å². The lowest BCUT2D eigenvalue weighted by atomic mass is 10.1. The molecule has 0 unspecified atom stereocenters. The van der Waals surface area contributed by atoms with E-state index in [2.05, 4.69) is 31.1 Å². The smallest absolute Gasteiger partial charge is 0.412 e. The Morgan fingerprint density at radius 3 is 2.45 bits per heavy atom. The molecule has 0 spiro atoms. The van der Waals surface area contributed by atoms with Crippen LogP contribution in [-0.4, -0.2) is 46.0 Å². The number of anilines is 1. The maximum Gasteiger partial charge on any atom is 0.412 e. The van der Waals surface area contributed by atoms with Crippen LogP contribution < -0.4 is 16.0 Å². The number of hydrogen-bond donors (Lipinski definition) is 3. The fourth-order valence-electron chi connectivity index (χ4n) is 2.35. The van der Waals surface area contributed by atoms with Crippen LogP contribution in [0.5, 0.6) is 0 Å². The van der Waals surface area contributed by atoms with Crippen molar-refractivity contribution in [2.24, 2.45) is 12.0 Å². The fraction of sp³-hybridized carbons (Fsp3) is 0.474. The number of halogens is 1. The topological polar surface area (TPSA) is 105 Å². The average molecular weight is 515 g/mol. The zero-order valence-electron chi connectivity index (χ0n) is 17.5. The number of hydrogen-bond acceptors (Lipinski definition) is 5. The number of ether oxygens (including phenoxy) is 1. The summed E-state index contributed by atoms with van der Waals surface area (Å²) in [6, 6.07) is 7.68. The second-order valence-corrected chi connectivity index (χ2v) is 7.28. The Morgan fingerprint density at radius 2 is 1.90 bits per heavy atom. The largest absolute Gasteiger partial charge is 0.444 e. The molecule has 10 heteroatoms. The molecule has 0 aliphatic rings. The third-order valence-electron chi connectivity index (χ3n) is 3.75. The third kappa shape index (κ3) is 9.11. The number of nitrogens with one attached hydrogen (secondary N) is 3. The summed E-state index contributed by atoms with van der Waals surface area (Å²) in [6.45, 7) is 6.76. The summed E-state index contributed by atoms with van der Waals surface area (Å²) in [5.41, 5.74) is 1.33. The monoisotopic (exact) mass is 515 g/mol. The molecule has 1 aromatic heterocycles. The van der Waals surface area contributed by atoms with Crippen molar-refractivity contribution in [3.8, 4) is 0 Å². The molecule has 3 N–H and O–H groups in total. The molecule has 0 bridgehead atoms. The fourth-order valence-corrected chi connectivity index (χ4v) is 2.35. The first kappa shape index (κ1) is 24.7. The molecule has 0 aliphatic carbocycles. The molecule has 0 radical (unpaired) electrons. The minimum absolute atomic E-state index is 0. The van der Waals surface area contributed by atoms with Gasteiger partial charge in [-0.1, -0.05) is 12.1 Å². The molecule has 2 rings (SSSR count). The van der Waals surface area contributed by atoms with E-state index in [4.69, 9.17) is 4.74 Å². The van der Waals surface area contributed by atoms with Gasteiger partial charge in [0.2, 0.25) is 0 Å². The van der Waals surface area contributed by atoms with Crippen LogP contribution in [0.3, 0.4) is 0 Å². The van der Waals surface area contributed by atoms with Crippen LogP contribution in [0.25, 0.3) is 0 Å². The number of benzene rings is 1. The van der Waals surface area contributed by atoms with Gasteiger partial charge < -0.3 is 19.9 Å². The van der Waals surface area contributed by atoms with E-state index in [0.29, 0.717) is 18.2 Å². The van der Waals surface area contributed by atoms with Crippen LogP contribution in [-0.2, 0) is 24.8 Å². The van der Waals surface area contributed by atoms with E-state index < -0.39 is 11.7 Å². The molecular weight excluding hydrogens is 485 g/mol. The van der Waals surface area contributed by atoms with Crippen molar-refractivity contribution in [2.45, 2.75) is 39.3 Å². The number of nitrogens with zero attached hydrogens (tertiary/aromatic N) is 4. The van der Waals surface area contributed by atoms with Crippen LogP contribution in [0.4, 0.5) is 10.5 Å². The van der Waals surface area contributed by atoms with Crippen LogP contribution in [0, 0.1) is 0 Å². The Bertz CT molecular complexity index is 798. The Hall–Kier alpha value is -2.37. The Kier molecular flexibility index (Phi) is 9.86. The molecule has 0 saturated heterocycles. The zero-order chi connectivity index (χ0) is 20.6. The van der Waals surface area contributed by atoms with Gasteiger partial charge in [0.05, 0.1) is 6.54 Å². The lowest BCUT2D eigenvalue weighted by molar-refractivity contribution is 0.0636. The maximum absolute atomic E-state index is 11.8. The zero-order valence-corrected chi connectivity index (χ0v) is 19.9. The molecule has 0 aliphatic heterocycles. The van der Waals surface area contributed by atoms with Crippen molar-refractivity contribution >= 4 is 41.7 Å². The highest BCUT2D eigenvalue weighted by molar-refractivity contribution is 14.0. The predicted octanol–water partition coefficient (Wildman–Crippen LogP) is 2.69. The first-order valence-corrected chi connectivity index (χ1v) is 9.13. The first-order chi connectivity index (χ1) is 13.3. The van der Waals surface area contributed by atoms with Crippen LogP contribution >= 0.6 is 24.0 Å². The molecule has 160 valence electrons. The van der Waals surface area contributed by atoms with E-state index >= 15 is 0 Å². The summed E-state index contributed by atoms with van der Waals surface area (Å²) in [7, 11) is 3.62. The van der Waals surface area contributed by atoms with Gasteiger partial charge in [-0.15, -0.1) is 34.2 Å². The molecule has 0 saturated carbocycles. The quantitative estimate of drug-likeness (QED) is 0.311. The standard InChI is InChI=1S/C19H29N7O2.HI/c1-19(2,3)28-18(27)24-15-8-6-14(7-9-15)10-11-21-17(20-4)22-12-16-25-23-13-26(16)5;/h6-9,13H,10-12H2,1-5H3,(H,24,27)(H2,20,21,22);1H. The highest BCUT2D eigenvalue weighted by atomic mass is 127. The molecule has 1 amide bonds. The van der Waals surface area contributed by atoms with Gasteiger partial charge in [0.15, 0.2) is 11.8 Å². The SMILES string of the molecule is CN=C(NCCc1ccc(NC(=O)OC(C)(C)C)cc1)NCc1nncn1C.I. The molecule has 9 nitrogen and oxygen atoms in total. The summed E-state index contributed by atoms with van der Waals surface area (Å²) in [4.78, 5) is 16.0. The van der Waals surface area contributed by atoms with Gasteiger partial charge in [0.1, 0.15) is 11.9 Å². The lowest BCUT2D eigenvalue weighted by Crippen LogP contribution is -2.38. The van der Waals surface area contributed by atoms with Crippen LogP contribution in [0.15, 0.2) is 35.6 Å². The van der Waals surface area contributed by atoms with Crippen molar-refractivity contribution < 1.29 is 9.53 Å². The van der Waals surface area contributed by atoms with E-state index in [9.17, 15) is 4.79 Å². The second kappa shape index (κ2) is 11.6. The Morgan fingerprint density at radius 1 is 1.21 bits per heavy atom. The van der Waals surface area contributed by atoms with E-state index in [1.165, 1.54) is 0 Å². The molecule has 29 heavy (non-hydrogen) atoms. The molecule has 1 heterocycles. The molecule has 0 fully saturated rings. The summed E-state index contributed by atoms with van der Waals surface area (Å²) in [5.74, 6) is 1.53. The number of guanidine groups is 1. The normalized spacial score (nSPS) is 11.4. The molecule has 0 atom stereocenters. The predicted molar refractivity (Wildman–Crippen MR) is 125 cm³/mol. The summed E-state index contributed by atoms with van der Waals surface area (Å²) < 4.78 is 7.10. The molecular formula is C19H30IN7O2. The van der Waals surface area contributed by atoms with Crippen molar-refractivity contribution in [1.82, 2.24) is 25.4 Å². The van der Waals surface area contributed by atoms with Gasteiger partial charge in [-0.2, -0.15) is 0 Å². The van der Waals surface area contributed by atoms with Crippen molar-refractivity contribution in [3.63, 3.8) is 0 Å². The third-order valence-corrected chi connectivity index (χ3v) is 3.75. The molecule has 1 aromatic carbocycles. The second-order valence-electron chi connectivity index (χ2n) is 7.28. The highest BCUT2D eigenvalue weighted by Crippen LogP contribution is 2.13. The Labute approximate surface area is 188 Å². The van der Waals surface area contributed by atoms with E-state index in [0.717, 1.165) is 24.4 Å². The Balaban J connectivity index is 0.00000420. The number of carbonyl (C=O) groups excluding carboxylic acids is 1. The first-order valence-electron chi connectivity index (χ1n) is 9.13. The van der Waals surface area contributed by atoms with Gasteiger partial charge in [-0.05, 0) is 44.9 Å². The van der Waals surface area contributed by atoms with Crippen LogP contribution in [0.1, 0.15) is 32.2 Å². The molecule has 2 aromatic rings. The van der Waals surface area contributed by atoms with Crippen molar-refractivity contribution in [3.05, 3.63) is 42.0 Å². The number of aromatic nitrogens is 3. The average Bonchev–Trinajstić information content (AvgIpc) is 3.02. The van der Waals surface area contributed by atoms with E-state index in [-0.39, 0.29) is 24.0 Å². The van der Waals surface area contributed by atoms with Crippen LogP contribution in [0.2, 0.25) is 0 Å². The number of aliphatic imine (C=N–C) groups is 1.